The maximum atomic E-state index is 11.6. The zero-order chi connectivity index (χ0) is 17.5. The second-order valence-corrected chi connectivity index (χ2v) is 6.05. The van der Waals surface area contributed by atoms with Crippen LogP contribution < -0.4 is 0 Å². The summed E-state index contributed by atoms with van der Waals surface area (Å²) in [5, 5.41) is 0. The summed E-state index contributed by atoms with van der Waals surface area (Å²) in [4.78, 5) is 34.2. The Balaban J connectivity index is 3.59. The van der Waals surface area contributed by atoms with Gasteiger partial charge in [-0.15, -0.1) is 0 Å². The molecule has 0 bridgehead atoms. The van der Waals surface area contributed by atoms with E-state index in [2.05, 4.69) is 11.7 Å². The molecule has 0 aliphatic heterocycles. The molecule has 0 aliphatic carbocycles. The van der Waals surface area contributed by atoms with Crippen LogP contribution in [0.4, 0.5) is 0 Å². The van der Waals surface area contributed by atoms with Crippen molar-refractivity contribution in [2.45, 2.75) is 84.5 Å². The van der Waals surface area contributed by atoms with E-state index in [9.17, 15) is 14.4 Å². The first-order valence-electron chi connectivity index (χ1n) is 8.82. The molecule has 0 radical (unpaired) electrons. The van der Waals surface area contributed by atoms with Gasteiger partial charge in [0.25, 0.3) is 0 Å². The Morgan fingerprint density at radius 2 is 1.35 bits per heavy atom. The third-order valence-electron chi connectivity index (χ3n) is 3.80. The van der Waals surface area contributed by atoms with E-state index in [1.807, 2.05) is 0 Å². The minimum Gasteiger partial charge on any atom is -0.469 e. The lowest BCUT2D eigenvalue weighted by atomic mass is 10.1. The largest absolute Gasteiger partial charge is 0.469 e. The molecule has 0 aromatic heterocycles. The first kappa shape index (κ1) is 21.6. The van der Waals surface area contributed by atoms with Gasteiger partial charge in [-0.25, -0.2) is 0 Å². The number of ether oxygens (including phenoxy) is 2. The fourth-order valence-electron chi connectivity index (χ4n) is 2.26. The summed E-state index contributed by atoms with van der Waals surface area (Å²) in [5.74, 6) is -2.30. The summed E-state index contributed by atoms with van der Waals surface area (Å²) in [7, 11) is 1.26. The lowest BCUT2D eigenvalue weighted by molar-refractivity contribution is -0.164. The summed E-state index contributed by atoms with van der Waals surface area (Å²) >= 11 is 0. The third kappa shape index (κ3) is 12.8. The van der Waals surface area contributed by atoms with Crippen LogP contribution >= 0.6 is 0 Å². The Labute approximate surface area is 140 Å². The van der Waals surface area contributed by atoms with Crippen LogP contribution in [0.25, 0.3) is 0 Å². The van der Waals surface area contributed by atoms with Gasteiger partial charge in [0.15, 0.2) is 0 Å². The van der Waals surface area contributed by atoms with Crippen molar-refractivity contribution in [2.75, 3.05) is 7.11 Å². The van der Waals surface area contributed by atoms with E-state index in [-0.39, 0.29) is 12.8 Å². The molecule has 23 heavy (non-hydrogen) atoms. The summed E-state index contributed by atoms with van der Waals surface area (Å²) in [6, 6.07) is 0. The zero-order valence-electron chi connectivity index (χ0n) is 14.9. The average Bonchev–Trinajstić information content (AvgIpc) is 2.52. The topological polar surface area (TPSA) is 69.7 Å². The Bertz CT molecular complexity index is 351. The highest BCUT2D eigenvalue weighted by Gasteiger charge is 2.21. The number of hydrogen-bond donors (Lipinski definition) is 0. The van der Waals surface area contributed by atoms with Gasteiger partial charge in [-0.05, 0) is 6.42 Å². The quantitative estimate of drug-likeness (QED) is 0.288. The second-order valence-electron chi connectivity index (χ2n) is 6.05. The second kappa shape index (κ2) is 14.2. The summed E-state index contributed by atoms with van der Waals surface area (Å²) in [5.41, 5.74) is 0. The van der Waals surface area contributed by atoms with Gasteiger partial charge in [-0.2, -0.15) is 0 Å². The van der Waals surface area contributed by atoms with Crippen molar-refractivity contribution in [3.05, 3.63) is 0 Å². The van der Waals surface area contributed by atoms with Gasteiger partial charge in [-0.1, -0.05) is 65.2 Å². The molecule has 5 nitrogen and oxygen atoms in total. The highest BCUT2D eigenvalue weighted by Crippen LogP contribution is 2.12. The van der Waals surface area contributed by atoms with Gasteiger partial charge in [0.05, 0.1) is 19.4 Å². The summed E-state index contributed by atoms with van der Waals surface area (Å²) < 4.78 is 9.22. The lowest BCUT2D eigenvalue weighted by Crippen LogP contribution is -2.22. The molecule has 0 saturated carbocycles. The molecular weight excluding hydrogens is 296 g/mol. The SMILES string of the molecule is CCCCCCCCCCCC(=O)OC(=O)C(C)CC(=O)OC. The number of methoxy groups -OCH3 is 1. The fraction of sp³-hybridized carbons (Fsp3) is 0.833. The molecule has 0 heterocycles. The Kier molecular flexibility index (Phi) is 13.4. The van der Waals surface area contributed by atoms with Crippen LogP contribution in [0.5, 0.6) is 0 Å². The maximum absolute atomic E-state index is 11.6. The Morgan fingerprint density at radius 1 is 0.826 bits per heavy atom. The number of unbranched alkanes of at least 4 members (excludes halogenated alkanes) is 8. The van der Waals surface area contributed by atoms with E-state index in [0.29, 0.717) is 0 Å². The maximum Gasteiger partial charge on any atom is 0.316 e. The van der Waals surface area contributed by atoms with Crippen molar-refractivity contribution in [1.29, 1.82) is 0 Å². The first-order valence-corrected chi connectivity index (χ1v) is 8.82. The predicted octanol–water partition coefficient (Wildman–Crippen LogP) is 4.18. The highest BCUT2D eigenvalue weighted by atomic mass is 16.6. The molecule has 0 aliphatic rings. The van der Waals surface area contributed by atoms with Crippen molar-refractivity contribution in [3.63, 3.8) is 0 Å². The number of carbonyl (C=O) groups excluding carboxylic acids is 3. The van der Waals surface area contributed by atoms with Gasteiger partial charge in [0.2, 0.25) is 0 Å². The smallest absolute Gasteiger partial charge is 0.316 e. The van der Waals surface area contributed by atoms with E-state index < -0.39 is 23.8 Å². The van der Waals surface area contributed by atoms with Crippen LogP contribution in [0.3, 0.4) is 0 Å². The average molecular weight is 328 g/mol. The normalized spacial score (nSPS) is 11.8. The van der Waals surface area contributed by atoms with Crippen molar-refractivity contribution in [3.8, 4) is 0 Å². The third-order valence-corrected chi connectivity index (χ3v) is 3.80. The van der Waals surface area contributed by atoms with Gasteiger partial charge < -0.3 is 9.47 Å². The minimum absolute atomic E-state index is 0.0688. The molecule has 0 saturated heterocycles. The molecule has 1 atom stereocenters. The monoisotopic (exact) mass is 328 g/mol. The van der Waals surface area contributed by atoms with E-state index in [1.54, 1.807) is 6.92 Å². The first-order chi connectivity index (χ1) is 11.0. The van der Waals surface area contributed by atoms with Crippen LogP contribution in [-0.2, 0) is 23.9 Å². The molecule has 0 fully saturated rings. The van der Waals surface area contributed by atoms with Crippen LogP contribution in [0.1, 0.15) is 84.5 Å². The summed E-state index contributed by atoms with van der Waals surface area (Å²) in [6.45, 7) is 3.76. The van der Waals surface area contributed by atoms with Crippen molar-refractivity contribution >= 4 is 17.9 Å². The van der Waals surface area contributed by atoms with E-state index in [0.717, 1.165) is 19.3 Å². The fourth-order valence-corrected chi connectivity index (χ4v) is 2.26. The van der Waals surface area contributed by atoms with Gasteiger partial charge in [0, 0.05) is 6.42 Å². The van der Waals surface area contributed by atoms with Crippen LogP contribution in [-0.4, -0.2) is 25.0 Å². The van der Waals surface area contributed by atoms with Gasteiger partial charge in [0.1, 0.15) is 0 Å². The van der Waals surface area contributed by atoms with E-state index in [4.69, 9.17) is 4.74 Å². The van der Waals surface area contributed by atoms with Gasteiger partial charge in [-0.3, -0.25) is 14.4 Å². The Hall–Kier alpha value is -1.39. The summed E-state index contributed by atoms with van der Waals surface area (Å²) in [6.07, 6.45) is 10.7. The minimum atomic E-state index is -0.658. The van der Waals surface area contributed by atoms with Crippen LogP contribution in [0, 0.1) is 5.92 Å². The van der Waals surface area contributed by atoms with E-state index in [1.165, 1.54) is 45.6 Å². The molecule has 134 valence electrons. The van der Waals surface area contributed by atoms with Crippen molar-refractivity contribution < 1.29 is 23.9 Å². The molecule has 0 aromatic carbocycles. The molecule has 0 aromatic rings. The number of rotatable bonds is 13. The molecule has 1 unspecified atom stereocenters. The molecule has 5 heteroatoms. The molecule has 0 amide bonds. The van der Waals surface area contributed by atoms with Gasteiger partial charge >= 0.3 is 17.9 Å². The number of esters is 3. The molecule has 0 N–H and O–H groups in total. The van der Waals surface area contributed by atoms with Crippen molar-refractivity contribution in [2.24, 2.45) is 5.92 Å². The standard InChI is InChI=1S/C18H32O5/c1-4-5-6-7-8-9-10-11-12-13-16(19)23-18(21)15(2)14-17(20)22-3/h15H,4-14H2,1-3H3. The zero-order valence-corrected chi connectivity index (χ0v) is 14.9. The number of hydrogen-bond acceptors (Lipinski definition) is 5. The molecule has 0 spiro atoms. The molecule has 0 rings (SSSR count). The van der Waals surface area contributed by atoms with Crippen LogP contribution in [0.2, 0.25) is 0 Å². The highest BCUT2D eigenvalue weighted by molar-refractivity contribution is 5.88. The van der Waals surface area contributed by atoms with E-state index >= 15 is 0 Å². The predicted molar refractivity (Wildman–Crippen MR) is 88.7 cm³/mol. The van der Waals surface area contributed by atoms with Crippen molar-refractivity contribution in [1.82, 2.24) is 0 Å². The lowest BCUT2D eigenvalue weighted by Gasteiger charge is -2.09. The number of carbonyl (C=O) groups is 3. The molecular formula is C18H32O5. The Morgan fingerprint density at radius 3 is 1.87 bits per heavy atom. The van der Waals surface area contributed by atoms with Crippen LogP contribution in [0.15, 0.2) is 0 Å².